The number of hydrogen-bond acceptors (Lipinski definition) is 4. The van der Waals surface area contributed by atoms with Gasteiger partial charge >= 0.3 is 5.97 Å². The summed E-state index contributed by atoms with van der Waals surface area (Å²) in [4.78, 5) is 26.3. The van der Waals surface area contributed by atoms with Crippen LogP contribution in [0.4, 0.5) is 0 Å². The molecule has 0 aromatic rings. The van der Waals surface area contributed by atoms with E-state index in [1.165, 1.54) is 19.3 Å². The van der Waals surface area contributed by atoms with Crippen molar-refractivity contribution in [2.45, 2.75) is 84.8 Å². The van der Waals surface area contributed by atoms with Crippen molar-refractivity contribution >= 4 is 11.9 Å². The summed E-state index contributed by atoms with van der Waals surface area (Å²) < 4.78 is 11.3. The Morgan fingerprint density at radius 2 is 1.90 bits per heavy atom. The fourth-order valence-electron chi connectivity index (χ4n) is 8.18. The number of carbonyl (C=O) groups excluding carboxylic acids is 2. The summed E-state index contributed by atoms with van der Waals surface area (Å²) in [6.07, 6.45) is 7.82. The minimum absolute atomic E-state index is 0.0753. The van der Waals surface area contributed by atoms with E-state index in [1.54, 1.807) is 0 Å². The summed E-state index contributed by atoms with van der Waals surface area (Å²) in [5.41, 5.74) is 0.396. The minimum Gasteiger partial charge on any atom is -0.464 e. The Bertz CT molecular complexity index is 665. The molecule has 3 saturated carbocycles. The average molecular weight is 406 g/mol. The number of rotatable bonds is 4. The standard InChI is InChI=1S/C24H39NO4/c1-6-28-21(27)14-29-22-15(2)13-18-16-7-8-19-23(3,12-10-20(26)25(19)5)17(16)9-11-24(18,22)4/h15-19,22H,6-14H2,1-5H3/t15?,16-,17+,18+,19-,22+,23-,24+/m1/s1. The largest absolute Gasteiger partial charge is 0.464 e. The molecular formula is C24H39NO4. The molecule has 1 heterocycles. The molecule has 5 heteroatoms. The van der Waals surface area contributed by atoms with Gasteiger partial charge in [0, 0.05) is 19.5 Å². The molecular weight excluding hydrogens is 366 g/mol. The molecule has 1 saturated heterocycles. The lowest BCUT2D eigenvalue weighted by Crippen LogP contribution is -2.61. The van der Waals surface area contributed by atoms with Gasteiger partial charge in [-0.2, -0.15) is 0 Å². The van der Waals surface area contributed by atoms with Gasteiger partial charge in [-0.15, -0.1) is 0 Å². The summed E-state index contributed by atoms with van der Waals surface area (Å²) >= 11 is 0. The molecule has 5 nitrogen and oxygen atoms in total. The molecule has 1 unspecified atom stereocenters. The Morgan fingerprint density at radius 3 is 2.62 bits per heavy atom. The molecule has 0 aromatic carbocycles. The fraction of sp³-hybridized carbons (Fsp3) is 0.917. The highest BCUT2D eigenvalue weighted by atomic mass is 16.6. The van der Waals surface area contributed by atoms with Crippen LogP contribution in [-0.2, 0) is 19.1 Å². The molecule has 4 rings (SSSR count). The summed E-state index contributed by atoms with van der Waals surface area (Å²) in [5, 5.41) is 0. The van der Waals surface area contributed by atoms with E-state index in [9.17, 15) is 9.59 Å². The van der Waals surface area contributed by atoms with Crippen LogP contribution >= 0.6 is 0 Å². The zero-order valence-electron chi connectivity index (χ0n) is 18.9. The Labute approximate surface area is 175 Å². The third-order valence-corrected chi connectivity index (χ3v) is 9.47. The molecule has 4 aliphatic rings. The van der Waals surface area contributed by atoms with E-state index in [1.807, 2.05) is 14.0 Å². The first-order chi connectivity index (χ1) is 13.7. The Hall–Kier alpha value is -1.10. The number of esters is 1. The number of nitrogens with zero attached hydrogens (tertiary/aromatic N) is 1. The lowest BCUT2D eigenvalue weighted by Gasteiger charge is -2.61. The third-order valence-electron chi connectivity index (χ3n) is 9.47. The van der Waals surface area contributed by atoms with Gasteiger partial charge in [0.25, 0.3) is 0 Å². The van der Waals surface area contributed by atoms with Crippen LogP contribution in [0.5, 0.6) is 0 Å². The smallest absolute Gasteiger partial charge is 0.332 e. The van der Waals surface area contributed by atoms with Crippen LogP contribution < -0.4 is 0 Å². The number of piperidine rings is 1. The molecule has 8 atom stereocenters. The van der Waals surface area contributed by atoms with Gasteiger partial charge in [-0.05, 0) is 80.0 Å². The van der Waals surface area contributed by atoms with E-state index in [4.69, 9.17) is 9.47 Å². The molecule has 1 aliphatic heterocycles. The van der Waals surface area contributed by atoms with Crippen molar-refractivity contribution in [3.63, 3.8) is 0 Å². The monoisotopic (exact) mass is 405 g/mol. The van der Waals surface area contributed by atoms with Gasteiger partial charge < -0.3 is 14.4 Å². The second-order valence-electron chi connectivity index (χ2n) is 10.8. The molecule has 1 amide bonds. The van der Waals surface area contributed by atoms with Crippen molar-refractivity contribution in [2.24, 2.45) is 34.5 Å². The highest BCUT2D eigenvalue weighted by Gasteiger charge is 2.62. The van der Waals surface area contributed by atoms with Gasteiger partial charge in [0.1, 0.15) is 6.61 Å². The molecule has 3 aliphatic carbocycles. The summed E-state index contributed by atoms with van der Waals surface area (Å²) in [7, 11) is 2.02. The molecule has 0 radical (unpaired) electrons. The zero-order chi connectivity index (χ0) is 21.0. The SMILES string of the molecule is CCOC(=O)CO[C@H]1C(C)C[C@H]2[C@@H]3CC[C@H]4N(C)C(=O)CC[C@]4(C)[C@H]3CC[C@]12C. The highest BCUT2D eigenvalue weighted by molar-refractivity contribution is 5.77. The van der Waals surface area contributed by atoms with Gasteiger partial charge in [-0.25, -0.2) is 4.79 Å². The van der Waals surface area contributed by atoms with E-state index in [0.29, 0.717) is 42.7 Å². The van der Waals surface area contributed by atoms with Crippen molar-refractivity contribution in [1.82, 2.24) is 4.90 Å². The van der Waals surface area contributed by atoms with Crippen LogP contribution in [0, 0.1) is 34.5 Å². The van der Waals surface area contributed by atoms with E-state index in [-0.39, 0.29) is 29.5 Å². The van der Waals surface area contributed by atoms with Crippen LogP contribution in [0.3, 0.4) is 0 Å². The van der Waals surface area contributed by atoms with E-state index < -0.39 is 0 Å². The molecule has 0 aromatic heterocycles. The van der Waals surface area contributed by atoms with Crippen LogP contribution in [0.2, 0.25) is 0 Å². The first-order valence-electron chi connectivity index (χ1n) is 11.7. The predicted molar refractivity (Wildman–Crippen MR) is 111 cm³/mol. The Balaban J connectivity index is 1.53. The van der Waals surface area contributed by atoms with Crippen molar-refractivity contribution < 1.29 is 19.1 Å². The lowest BCUT2D eigenvalue weighted by molar-refractivity contribution is -0.167. The van der Waals surface area contributed by atoms with Crippen LogP contribution in [0.25, 0.3) is 0 Å². The van der Waals surface area contributed by atoms with Crippen LogP contribution in [0.15, 0.2) is 0 Å². The quantitative estimate of drug-likeness (QED) is 0.662. The van der Waals surface area contributed by atoms with Gasteiger partial charge in [0.2, 0.25) is 5.91 Å². The zero-order valence-corrected chi connectivity index (χ0v) is 18.9. The molecule has 0 spiro atoms. The predicted octanol–water partition coefficient (Wildman–Crippen LogP) is 4.04. The highest BCUT2D eigenvalue weighted by Crippen LogP contribution is 2.66. The number of carbonyl (C=O) groups is 2. The third kappa shape index (κ3) is 3.23. The topological polar surface area (TPSA) is 55.8 Å². The Kier molecular flexibility index (Phi) is 5.50. The molecule has 0 N–H and O–H groups in total. The number of likely N-dealkylation sites (tertiary alicyclic amines) is 1. The van der Waals surface area contributed by atoms with Crippen molar-refractivity contribution in [3.05, 3.63) is 0 Å². The molecule has 164 valence electrons. The van der Waals surface area contributed by atoms with Crippen molar-refractivity contribution in [2.75, 3.05) is 20.3 Å². The maximum Gasteiger partial charge on any atom is 0.332 e. The Morgan fingerprint density at radius 1 is 1.14 bits per heavy atom. The van der Waals surface area contributed by atoms with Crippen molar-refractivity contribution in [3.8, 4) is 0 Å². The summed E-state index contributed by atoms with van der Waals surface area (Å²) in [6, 6.07) is 0.407. The summed E-state index contributed by atoms with van der Waals surface area (Å²) in [6.45, 7) is 9.50. The summed E-state index contributed by atoms with van der Waals surface area (Å²) in [5.74, 6) is 2.63. The first-order valence-corrected chi connectivity index (χ1v) is 11.7. The second-order valence-corrected chi connectivity index (χ2v) is 10.8. The van der Waals surface area contributed by atoms with Gasteiger partial charge in [0.05, 0.1) is 12.7 Å². The number of hydrogen-bond donors (Lipinski definition) is 0. The van der Waals surface area contributed by atoms with E-state index >= 15 is 0 Å². The van der Waals surface area contributed by atoms with E-state index in [0.717, 1.165) is 25.2 Å². The van der Waals surface area contributed by atoms with Crippen LogP contribution in [0.1, 0.15) is 72.6 Å². The second kappa shape index (κ2) is 7.55. The number of fused-ring (bicyclic) bond motifs is 5. The number of amides is 1. The fourth-order valence-corrected chi connectivity index (χ4v) is 8.18. The maximum absolute atomic E-state index is 12.3. The van der Waals surface area contributed by atoms with Gasteiger partial charge in [-0.3, -0.25) is 4.79 Å². The van der Waals surface area contributed by atoms with E-state index in [2.05, 4.69) is 25.7 Å². The number of ether oxygens (including phenoxy) is 2. The van der Waals surface area contributed by atoms with Gasteiger partial charge in [-0.1, -0.05) is 20.8 Å². The van der Waals surface area contributed by atoms with Crippen LogP contribution in [-0.4, -0.2) is 49.2 Å². The normalized spacial score (nSPS) is 46.7. The molecule has 29 heavy (non-hydrogen) atoms. The first kappa shape index (κ1) is 21.1. The molecule has 0 bridgehead atoms. The van der Waals surface area contributed by atoms with Crippen molar-refractivity contribution in [1.29, 1.82) is 0 Å². The minimum atomic E-state index is -0.247. The maximum atomic E-state index is 12.3. The molecule has 4 fully saturated rings. The average Bonchev–Trinajstić information content (AvgIpc) is 2.93. The van der Waals surface area contributed by atoms with Gasteiger partial charge in [0.15, 0.2) is 0 Å². The lowest BCUT2D eigenvalue weighted by atomic mass is 9.47.